The van der Waals surface area contributed by atoms with Crippen molar-refractivity contribution in [2.45, 2.75) is 18.9 Å². The van der Waals surface area contributed by atoms with E-state index in [2.05, 4.69) is 19.3 Å². The molecule has 1 N–H and O–H groups in total. The number of halogens is 1. The maximum atomic E-state index is 9.74. The van der Waals surface area contributed by atoms with E-state index in [4.69, 9.17) is 11.6 Å². The Hall–Kier alpha value is -2.11. The third kappa shape index (κ3) is 2.56. The molecular formula is C17H17ClN4O. The van der Waals surface area contributed by atoms with Crippen molar-refractivity contribution in [1.29, 1.82) is 0 Å². The molecule has 4 rings (SSSR count). The van der Waals surface area contributed by atoms with E-state index in [1.807, 2.05) is 36.7 Å². The van der Waals surface area contributed by atoms with E-state index in [1.165, 1.54) is 0 Å². The van der Waals surface area contributed by atoms with Crippen molar-refractivity contribution in [3.63, 3.8) is 0 Å². The molecule has 0 atom stereocenters. The van der Waals surface area contributed by atoms with Gasteiger partial charge in [0, 0.05) is 23.7 Å². The second-order valence-electron chi connectivity index (χ2n) is 5.80. The van der Waals surface area contributed by atoms with Gasteiger partial charge in [-0.05, 0) is 18.9 Å². The third-order valence-electron chi connectivity index (χ3n) is 4.34. The van der Waals surface area contributed by atoms with Crippen LogP contribution in [0.1, 0.15) is 12.8 Å². The molecule has 5 nitrogen and oxygen atoms in total. The lowest BCUT2D eigenvalue weighted by molar-refractivity contribution is 0.145. The maximum Gasteiger partial charge on any atom is 0.157 e. The van der Waals surface area contributed by atoms with Crippen LogP contribution in [0.2, 0.25) is 5.02 Å². The van der Waals surface area contributed by atoms with Gasteiger partial charge in [0.05, 0.1) is 30.4 Å². The summed E-state index contributed by atoms with van der Waals surface area (Å²) >= 11 is 6.37. The first-order valence-corrected chi connectivity index (χ1v) is 8.11. The molecule has 1 aliphatic rings. The monoisotopic (exact) mass is 328 g/mol. The number of imidazole rings is 1. The Morgan fingerprint density at radius 3 is 2.65 bits per heavy atom. The summed E-state index contributed by atoms with van der Waals surface area (Å²) in [5, 5.41) is 10.4. The summed E-state index contributed by atoms with van der Waals surface area (Å²) in [6, 6.07) is 7.77. The Bertz CT molecular complexity index is 839. The van der Waals surface area contributed by atoms with Crippen molar-refractivity contribution >= 4 is 23.1 Å². The van der Waals surface area contributed by atoms with Crippen LogP contribution in [-0.4, -0.2) is 38.7 Å². The number of nitrogens with zero attached hydrogens (tertiary/aromatic N) is 4. The first-order chi connectivity index (χ1) is 11.2. The van der Waals surface area contributed by atoms with E-state index in [0.717, 1.165) is 48.7 Å². The minimum absolute atomic E-state index is 0.204. The van der Waals surface area contributed by atoms with Gasteiger partial charge in [0.15, 0.2) is 5.65 Å². The molecule has 3 aromatic rings. The smallest absolute Gasteiger partial charge is 0.157 e. The molecule has 0 saturated carbocycles. The molecule has 118 valence electrons. The molecule has 1 aliphatic heterocycles. The van der Waals surface area contributed by atoms with E-state index < -0.39 is 0 Å². The zero-order valence-electron chi connectivity index (χ0n) is 12.6. The van der Waals surface area contributed by atoms with Crippen LogP contribution in [0.15, 0.2) is 42.9 Å². The van der Waals surface area contributed by atoms with E-state index in [-0.39, 0.29) is 6.10 Å². The summed E-state index contributed by atoms with van der Waals surface area (Å²) in [5.74, 6) is 0.988. The predicted molar refractivity (Wildman–Crippen MR) is 90.9 cm³/mol. The van der Waals surface area contributed by atoms with E-state index in [1.54, 1.807) is 6.20 Å². The molecule has 2 aromatic heterocycles. The predicted octanol–water partition coefficient (Wildman–Crippen LogP) is 3.01. The average Bonchev–Trinajstić information content (AvgIpc) is 3.00. The number of aliphatic hydroxyl groups is 1. The molecule has 0 amide bonds. The van der Waals surface area contributed by atoms with Crippen molar-refractivity contribution in [3.05, 3.63) is 47.9 Å². The summed E-state index contributed by atoms with van der Waals surface area (Å²) in [4.78, 5) is 11.0. The lowest BCUT2D eigenvalue weighted by atomic mass is 10.1. The van der Waals surface area contributed by atoms with Gasteiger partial charge in [0.2, 0.25) is 0 Å². The number of anilines is 1. The van der Waals surface area contributed by atoms with Crippen LogP contribution in [0.5, 0.6) is 0 Å². The minimum atomic E-state index is -0.204. The second kappa shape index (κ2) is 5.83. The first-order valence-electron chi connectivity index (χ1n) is 7.73. The normalized spacial score (nSPS) is 16.2. The number of fused-ring (bicyclic) bond motifs is 1. The van der Waals surface area contributed by atoms with E-state index in [9.17, 15) is 5.11 Å². The zero-order valence-corrected chi connectivity index (χ0v) is 13.3. The van der Waals surface area contributed by atoms with Crippen LogP contribution in [0.25, 0.3) is 16.9 Å². The number of hydrogen-bond donors (Lipinski definition) is 1. The molecule has 1 fully saturated rings. The molecule has 0 bridgehead atoms. The molecule has 3 heterocycles. The van der Waals surface area contributed by atoms with Crippen molar-refractivity contribution in [3.8, 4) is 11.3 Å². The third-order valence-corrected chi connectivity index (χ3v) is 4.67. The van der Waals surface area contributed by atoms with Gasteiger partial charge in [-0.2, -0.15) is 0 Å². The highest BCUT2D eigenvalue weighted by molar-refractivity contribution is 6.33. The van der Waals surface area contributed by atoms with Crippen molar-refractivity contribution < 1.29 is 5.11 Å². The molecular weight excluding hydrogens is 312 g/mol. The fourth-order valence-electron chi connectivity index (χ4n) is 3.10. The number of aliphatic hydroxyl groups excluding tert-OH is 1. The van der Waals surface area contributed by atoms with Gasteiger partial charge < -0.3 is 10.0 Å². The highest BCUT2D eigenvalue weighted by Gasteiger charge is 2.21. The molecule has 0 radical (unpaired) electrons. The van der Waals surface area contributed by atoms with Crippen LogP contribution in [0.4, 0.5) is 5.82 Å². The van der Waals surface area contributed by atoms with Crippen LogP contribution >= 0.6 is 11.6 Å². The molecule has 0 aliphatic carbocycles. The lowest BCUT2D eigenvalue weighted by Gasteiger charge is -2.31. The summed E-state index contributed by atoms with van der Waals surface area (Å²) < 4.78 is 2.09. The first kappa shape index (κ1) is 14.5. The summed E-state index contributed by atoms with van der Waals surface area (Å²) in [7, 11) is 0. The van der Waals surface area contributed by atoms with E-state index in [0.29, 0.717) is 5.02 Å². The number of benzene rings is 1. The largest absolute Gasteiger partial charge is 0.393 e. The van der Waals surface area contributed by atoms with Crippen molar-refractivity contribution in [2.24, 2.45) is 0 Å². The van der Waals surface area contributed by atoms with Gasteiger partial charge in [0.1, 0.15) is 5.82 Å². The molecule has 6 heteroatoms. The molecule has 23 heavy (non-hydrogen) atoms. The number of hydrogen-bond acceptors (Lipinski definition) is 4. The average molecular weight is 329 g/mol. The maximum absolute atomic E-state index is 9.74. The Kier molecular flexibility index (Phi) is 3.67. The van der Waals surface area contributed by atoms with Gasteiger partial charge in [0.25, 0.3) is 0 Å². The number of rotatable bonds is 2. The highest BCUT2D eigenvalue weighted by Crippen LogP contribution is 2.31. The SMILES string of the molecule is OC1CCN(c2cncc3ncc(-c4ccccc4Cl)n23)CC1. The lowest BCUT2D eigenvalue weighted by Crippen LogP contribution is -2.36. The van der Waals surface area contributed by atoms with Gasteiger partial charge in [-0.25, -0.2) is 4.98 Å². The van der Waals surface area contributed by atoms with Crippen molar-refractivity contribution in [1.82, 2.24) is 14.4 Å². The Labute approximate surface area is 139 Å². The van der Waals surface area contributed by atoms with E-state index >= 15 is 0 Å². The van der Waals surface area contributed by atoms with Crippen molar-refractivity contribution in [2.75, 3.05) is 18.0 Å². The molecule has 0 unspecified atom stereocenters. The van der Waals surface area contributed by atoms with Gasteiger partial charge >= 0.3 is 0 Å². The fourth-order valence-corrected chi connectivity index (χ4v) is 3.34. The van der Waals surface area contributed by atoms with Crippen LogP contribution in [-0.2, 0) is 0 Å². The van der Waals surface area contributed by atoms with Gasteiger partial charge in [-0.3, -0.25) is 9.38 Å². The Morgan fingerprint density at radius 1 is 1.09 bits per heavy atom. The fraction of sp³-hybridized carbons (Fsp3) is 0.294. The van der Waals surface area contributed by atoms with Gasteiger partial charge in [-0.15, -0.1) is 0 Å². The standard InChI is InChI=1S/C17H17ClN4O/c18-14-4-2-1-3-13(14)15-9-20-16-10-19-11-17(22(15)16)21-7-5-12(23)6-8-21/h1-4,9-12,23H,5-8H2. The number of piperidine rings is 1. The van der Waals surface area contributed by atoms with Crippen LogP contribution < -0.4 is 4.90 Å². The second-order valence-corrected chi connectivity index (χ2v) is 6.21. The Morgan fingerprint density at radius 2 is 1.87 bits per heavy atom. The summed E-state index contributed by atoms with van der Waals surface area (Å²) in [5.41, 5.74) is 2.70. The molecule has 1 aromatic carbocycles. The van der Waals surface area contributed by atoms with Gasteiger partial charge in [-0.1, -0.05) is 29.8 Å². The Balaban J connectivity index is 1.86. The zero-order chi connectivity index (χ0) is 15.8. The quantitative estimate of drug-likeness (QED) is 0.785. The molecule has 0 spiro atoms. The summed E-state index contributed by atoms with van der Waals surface area (Å²) in [6.45, 7) is 1.62. The number of aromatic nitrogens is 3. The van der Waals surface area contributed by atoms with Crippen LogP contribution in [0, 0.1) is 0 Å². The highest BCUT2D eigenvalue weighted by atomic mass is 35.5. The summed E-state index contributed by atoms with van der Waals surface area (Å²) in [6.07, 6.45) is 6.78. The molecule has 1 saturated heterocycles. The van der Waals surface area contributed by atoms with Crippen LogP contribution in [0.3, 0.4) is 0 Å². The topological polar surface area (TPSA) is 53.7 Å². The minimum Gasteiger partial charge on any atom is -0.393 e.